The molecule has 0 aromatic carbocycles. The van der Waals surface area contributed by atoms with Gasteiger partial charge in [0.15, 0.2) is 23.8 Å². The first-order chi connectivity index (χ1) is 10.7. The summed E-state index contributed by atoms with van der Waals surface area (Å²) in [7, 11) is 0. The molecule has 1 aliphatic heterocycles. The Morgan fingerprint density at radius 1 is 1.35 bits per heavy atom. The number of aromatic nitrogens is 4. The number of anilines is 1. The van der Waals surface area contributed by atoms with Gasteiger partial charge in [-0.2, -0.15) is 25.8 Å². The Kier molecular flexibility index (Phi) is 3.86. The first kappa shape index (κ1) is 16.2. The number of hydrogen-bond acceptors (Lipinski definition) is 8. The first-order valence-corrected chi connectivity index (χ1v) is 6.93. The quantitative estimate of drug-likeness (QED) is 0.557. The number of nitrogens with zero attached hydrogens (tertiary/aromatic N) is 4. The molecule has 8 nitrogen and oxygen atoms in total. The van der Waals surface area contributed by atoms with Crippen molar-refractivity contribution in [3.63, 3.8) is 0 Å². The van der Waals surface area contributed by atoms with Crippen LogP contribution in [0.15, 0.2) is 12.7 Å². The molecular weight excluding hydrogens is 339 g/mol. The summed E-state index contributed by atoms with van der Waals surface area (Å²) < 4.78 is 44.4. The first-order valence-electron chi connectivity index (χ1n) is 6.41. The van der Waals surface area contributed by atoms with E-state index in [1.165, 1.54) is 10.9 Å². The molecule has 1 saturated heterocycles. The maximum Gasteiger partial charge on any atom is 0.417 e. The molecule has 2 aromatic rings. The lowest BCUT2D eigenvalue weighted by Crippen LogP contribution is -2.45. The molecule has 3 rings (SSSR count). The highest BCUT2D eigenvalue weighted by atomic mass is 32.1. The van der Waals surface area contributed by atoms with Gasteiger partial charge in [0.05, 0.1) is 17.7 Å². The second-order valence-electron chi connectivity index (χ2n) is 5.04. The van der Waals surface area contributed by atoms with Gasteiger partial charge in [0.2, 0.25) is 0 Å². The molecule has 23 heavy (non-hydrogen) atoms. The second kappa shape index (κ2) is 5.47. The number of hydrogen-bond donors (Lipinski definition) is 4. The number of aliphatic hydroxyl groups is 2. The molecule has 12 heteroatoms. The van der Waals surface area contributed by atoms with Crippen LogP contribution in [0.4, 0.5) is 19.0 Å². The van der Waals surface area contributed by atoms with E-state index < -0.39 is 36.0 Å². The van der Waals surface area contributed by atoms with E-state index in [1.807, 2.05) is 0 Å². The zero-order chi connectivity index (χ0) is 16.9. The van der Waals surface area contributed by atoms with Gasteiger partial charge in [-0.1, -0.05) is 0 Å². The number of nitrogen functional groups attached to an aromatic ring is 1. The van der Waals surface area contributed by atoms with Gasteiger partial charge in [-0.05, 0) is 0 Å². The number of thiol groups is 1. The number of halogens is 3. The molecule has 0 spiro atoms. The number of fused-ring (bicyclic) bond motifs is 1. The van der Waals surface area contributed by atoms with Crippen molar-refractivity contribution >= 4 is 29.6 Å². The van der Waals surface area contributed by atoms with Gasteiger partial charge in [-0.3, -0.25) is 4.57 Å². The lowest BCUT2D eigenvalue weighted by atomic mass is 10.1. The minimum Gasteiger partial charge on any atom is -0.389 e. The van der Waals surface area contributed by atoms with E-state index >= 15 is 0 Å². The molecule has 3 heterocycles. The highest BCUT2D eigenvalue weighted by molar-refractivity contribution is 7.81. The van der Waals surface area contributed by atoms with Crippen LogP contribution in [0.2, 0.25) is 0 Å². The normalized spacial score (nSPS) is 30.0. The lowest BCUT2D eigenvalue weighted by Gasteiger charge is -2.23. The maximum absolute atomic E-state index is 12.7. The Balaban J connectivity index is 1.96. The van der Waals surface area contributed by atoms with Gasteiger partial charge in [-0.15, -0.1) is 0 Å². The van der Waals surface area contributed by atoms with E-state index in [4.69, 9.17) is 10.5 Å². The van der Waals surface area contributed by atoms with Crippen LogP contribution < -0.4 is 5.73 Å². The number of nitrogens with two attached hydrogens (primary N) is 1. The monoisotopic (exact) mass is 351 g/mol. The highest BCUT2D eigenvalue weighted by Gasteiger charge is 2.54. The van der Waals surface area contributed by atoms with Crippen molar-refractivity contribution in [2.45, 2.75) is 36.0 Å². The Morgan fingerprint density at radius 3 is 2.70 bits per heavy atom. The van der Waals surface area contributed by atoms with Crippen LogP contribution >= 0.6 is 12.6 Å². The Bertz CT molecular complexity index is 726. The maximum atomic E-state index is 12.7. The number of rotatable bonds is 2. The fraction of sp³-hybridized carbons (Fsp3) is 0.545. The molecular formula is C11H12F3N5O3S. The summed E-state index contributed by atoms with van der Waals surface area (Å²) in [5.41, 5.74) is 6.10. The van der Waals surface area contributed by atoms with Crippen LogP contribution in [0.3, 0.4) is 0 Å². The summed E-state index contributed by atoms with van der Waals surface area (Å²) >= 11 is 4.09. The number of ether oxygens (including phenoxy) is 1. The summed E-state index contributed by atoms with van der Waals surface area (Å²) in [6.07, 6.45) is -10.00. The molecule has 2 aromatic heterocycles. The van der Waals surface area contributed by atoms with Gasteiger partial charge in [-0.25, -0.2) is 15.0 Å². The summed E-state index contributed by atoms with van der Waals surface area (Å²) in [5, 5.41) is 18.2. The minimum atomic E-state index is -4.93. The molecule has 1 aliphatic rings. The van der Waals surface area contributed by atoms with Crippen LogP contribution in [0.25, 0.3) is 11.2 Å². The van der Waals surface area contributed by atoms with Crippen LogP contribution in [-0.2, 0) is 4.74 Å². The van der Waals surface area contributed by atoms with E-state index in [-0.39, 0.29) is 17.0 Å². The molecule has 0 bridgehead atoms. The van der Waals surface area contributed by atoms with Gasteiger partial charge >= 0.3 is 6.18 Å². The fourth-order valence-electron chi connectivity index (χ4n) is 2.42. The predicted octanol–water partition coefficient (Wildman–Crippen LogP) is -0.112. The van der Waals surface area contributed by atoms with E-state index in [0.717, 1.165) is 6.33 Å². The lowest BCUT2D eigenvalue weighted by molar-refractivity contribution is -0.244. The minimum absolute atomic E-state index is 0.0925. The third kappa shape index (κ3) is 2.60. The van der Waals surface area contributed by atoms with Crippen molar-refractivity contribution < 1.29 is 28.1 Å². The molecule has 126 valence electrons. The Morgan fingerprint density at radius 2 is 2.04 bits per heavy atom. The van der Waals surface area contributed by atoms with Crippen molar-refractivity contribution in [3.05, 3.63) is 12.7 Å². The molecule has 0 radical (unpaired) electrons. The van der Waals surface area contributed by atoms with Gasteiger partial charge in [0.1, 0.15) is 17.9 Å². The largest absolute Gasteiger partial charge is 0.417 e. The van der Waals surface area contributed by atoms with Crippen molar-refractivity contribution in [1.29, 1.82) is 0 Å². The SMILES string of the molecule is Nc1ncnc2c1ncn2[C@@H]1O[C@H](C(O)C(F)(F)F)[C@@H](O)[C@H]1S. The third-order valence-electron chi connectivity index (χ3n) is 3.58. The number of imidazole rings is 1. The van der Waals surface area contributed by atoms with Gasteiger partial charge in [0.25, 0.3) is 0 Å². The van der Waals surface area contributed by atoms with Crippen LogP contribution in [0.1, 0.15) is 6.23 Å². The van der Waals surface area contributed by atoms with Crippen LogP contribution in [-0.4, -0.2) is 59.5 Å². The van der Waals surface area contributed by atoms with Gasteiger partial charge in [0, 0.05) is 0 Å². The Labute approximate surface area is 132 Å². The summed E-state index contributed by atoms with van der Waals surface area (Å²) in [6.45, 7) is 0. The topological polar surface area (TPSA) is 119 Å². The van der Waals surface area contributed by atoms with E-state index in [9.17, 15) is 23.4 Å². The van der Waals surface area contributed by atoms with Crippen LogP contribution in [0, 0.1) is 0 Å². The van der Waals surface area contributed by atoms with Crippen molar-refractivity contribution in [2.75, 3.05) is 5.73 Å². The smallest absolute Gasteiger partial charge is 0.389 e. The standard InChI is InChI=1S/C11H12F3N5O3S/c12-11(13,14)7(21)5-4(20)6(23)10(22-5)19-2-18-3-8(15)16-1-17-9(3)19/h1-2,4-7,10,20-21,23H,(H2,15,16,17)/t4-,5+,6-,7?,10-/m1/s1. The van der Waals surface area contributed by atoms with E-state index in [1.54, 1.807) is 0 Å². The van der Waals surface area contributed by atoms with E-state index in [0.29, 0.717) is 0 Å². The number of aliphatic hydroxyl groups excluding tert-OH is 2. The average molecular weight is 351 g/mol. The Hall–Kier alpha value is -1.63. The highest BCUT2D eigenvalue weighted by Crippen LogP contribution is 2.39. The molecule has 0 saturated carbocycles. The summed E-state index contributed by atoms with van der Waals surface area (Å²) in [6, 6.07) is 0. The second-order valence-corrected chi connectivity index (χ2v) is 5.64. The van der Waals surface area contributed by atoms with Gasteiger partial charge < -0.3 is 20.7 Å². The van der Waals surface area contributed by atoms with Crippen molar-refractivity contribution in [2.24, 2.45) is 0 Å². The summed E-state index contributed by atoms with van der Waals surface area (Å²) in [4.78, 5) is 11.7. The predicted molar refractivity (Wildman–Crippen MR) is 74.5 cm³/mol. The zero-order valence-corrected chi connectivity index (χ0v) is 12.2. The van der Waals surface area contributed by atoms with Crippen LogP contribution in [0.5, 0.6) is 0 Å². The fourth-order valence-corrected chi connectivity index (χ4v) is 2.80. The molecule has 0 amide bonds. The average Bonchev–Trinajstić information content (AvgIpc) is 3.02. The summed E-state index contributed by atoms with van der Waals surface area (Å²) in [5.74, 6) is 0.0925. The zero-order valence-electron chi connectivity index (χ0n) is 11.3. The van der Waals surface area contributed by atoms with Crippen molar-refractivity contribution in [3.8, 4) is 0 Å². The number of alkyl halides is 3. The van der Waals surface area contributed by atoms with E-state index in [2.05, 4.69) is 27.6 Å². The third-order valence-corrected chi connectivity index (χ3v) is 4.14. The molecule has 5 atom stereocenters. The van der Waals surface area contributed by atoms with Crippen molar-refractivity contribution in [1.82, 2.24) is 19.5 Å². The molecule has 1 fully saturated rings. The molecule has 1 unspecified atom stereocenters. The molecule has 0 aliphatic carbocycles. The molecule has 4 N–H and O–H groups in total.